The highest BCUT2D eigenvalue weighted by Crippen LogP contribution is 2.17. The highest BCUT2D eigenvalue weighted by atomic mass is 16.5. The number of nitrogens with two attached hydrogens (primary N) is 1. The lowest BCUT2D eigenvalue weighted by Gasteiger charge is -2.12. The Morgan fingerprint density at radius 2 is 2.27 bits per heavy atom. The van der Waals surface area contributed by atoms with Gasteiger partial charge in [0.1, 0.15) is 5.75 Å². The SMILES string of the molecule is COc1cccc(NCC(C)CCN)c1. The molecule has 0 spiro atoms. The zero-order valence-electron chi connectivity index (χ0n) is 9.49. The Balaban J connectivity index is 2.43. The summed E-state index contributed by atoms with van der Waals surface area (Å²) in [6.07, 6.45) is 1.05. The molecular formula is C12H20N2O. The van der Waals surface area contributed by atoms with Crippen molar-refractivity contribution in [1.82, 2.24) is 0 Å². The molecule has 0 aromatic heterocycles. The van der Waals surface area contributed by atoms with E-state index in [-0.39, 0.29) is 0 Å². The predicted octanol–water partition coefficient (Wildman–Crippen LogP) is 2.09. The molecule has 0 amide bonds. The average molecular weight is 208 g/mol. The van der Waals surface area contributed by atoms with Gasteiger partial charge in [-0.15, -0.1) is 0 Å². The Morgan fingerprint density at radius 1 is 1.47 bits per heavy atom. The molecule has 84 valence electrons. The van der Waals surface area contributed by atoms with Gasteiger partial charge in [-0.05, 0) is 31.0 Å². The summed E-state index contributed by atoms with van der Waals surface area (Å²) in [4.78, 5) is 0. The molecule has 3 nitrogen and oxygen atoms in total. The summed E-state index contributed by atoms with van der Waals surface area (Å²) >= 11 is 0. The first-order chi connectivity index (χ1) is 7.26. The zero-order chi connectivity index (χ0) is 11.1. The van der Waals surface area contributed by atoms with Crippen LogP contribution in [0.1, 0.15) is 13.3 Å². The molecule has 1 aromatic rings. The van der Waals surface area contributed by atoms with Crippen LogP contribution in [0, 0.1) is 5.92 Å². The molecule has 0 radical (unpaired) electrons. The third-order valence-corrected chi connectivity index (χ3v) is 2.38. The van der Waals surface area contributed by atoms with E-state index in [9.17, 15) is 0 Å². The summed E-state index contributed by atoms with van der Waals surface area (Å²) in [7, 11) is 1.68. The lowest BCUT2D eigenvalue weighted by atomic mass is 10.1. The maximum absolute atomic E-state index is 5.50. The van der Waals surface area contributed by atoms with Crippen LogP contribution in [0.5, 0.6) is 5.75 Å². The average Bonchev–Trinajstić information content (AvgIpc) is 2.27. The van der Waals surface area contributed by atoms with Crippen LogP contribution in [0.2, 0.25) is 0 Å². The van der Waals surface area contributed by atoms with E-state index in [0.717, 1.165) is 30.9 Å². The molecule has 3 heteroatoms. The fraction of sp³-hybridized carbons (Fsp3) is 0.500. The summed E-state index contributed by atoms with van der Waals surface area (Å²) in [6.45, 7) is 3.89. The molecule has 1 aromatic carbocycles. The van der Waals surface area contributed by atoms with Crippen LogP contribution >= 0.6 is 0 Å². The van der Waals surface area contributed by atoms with Gasteiger partial charge in [0.25, 0.3) is 0 Å². The fourth-order valence-electron chi connectivity index (χ4n) is 1.41. The second-order valence-electron chi connectivity index (χ2n) is 3.80. The number of rotatable bonds is 6. The third-order valence-electron chi connectivity index (χ3n) is 2.38. The smallest absolute Gasteiger partial charge is 0.120 e. The van der Waals surface area contributed by atoms with Gasteiger partial charge in [0.15, 0.2) is 0 Å². The third kappa shape index (κ3) is 4.21. The Morgan fingerprint density at radius 3 is 2.93 bits per heavy atom. The van der Waals surface area contributed by atoms with E-state index >= 15 is 0 Å². The van der Waals surface area contributed by atoms with Crippen LogP contribution in [0.15, 0.2) is 24.3 Å². The molecular weight excluding hydrogens is 188 g/mol. The molecule has 0 bridgehead atoms. The Bertz CT molecular complexity index is 289. The van der Waals surface area contributed by atoms with E-state index in [1.165, 1.54) is 0 Å². The first-order valence-corrected chi connectivity index (χ1v) is 5.34. The first-order valence-electron chi connectivity index (χ1n) is 5.34. The molecule has 0 saturated heterocycles. The Hall–Kier alpha value is -1.22. The molecule has 1 rings (SSSR count). The van der Waals surface area contributed by atoms with Gasteiger partial charge >= 0.3 is 0 Å². The summed E-state index contributed by atoms with van der Waals surface area (Å²) < 4.78 is 5.15. The molecule has 0 fully saturated rings. The van der Waals surface area contributed by atoms with E-state index in [2.05, 4.69) is 12.2 Å². The monoisotopic (exact) mass is 208 g/mol. The van der Waals surface area contributed by atoms with Crippen molar-refractivity contribution < 1.29 is 4.74 Å². The van der Waals surface area contributed by atoms with Crippen molar-refractivity contribution in [2.45, 2.75) is 13.3 Å². The lowest BCUT2D eigenvalue weighted by molar-refractivity contribution is 0.415. The molecule has 0 saturated carbocycles. The number of hydrogen-bond acceptors (Lipinski definition) is 3. The van der Waals surface area contributed by atoms with Gasteiger partial charge in [-0.3, -0.25) is 0 Å². The van der Waals surface area contributed by atoms with Gasteiger partial charge in [0.05, 0.1) is 7.11 Å². The van der Waals surface area contributed by atoms with Crippen molar-refractivity contribution >= 4 is 5.69 Å². The number of hydrogen-bond donors (Lipinski definition) is 2. The minimum atomic E-state index is 0.598. The zero-order valence-corrected chi connectivity index (χ0v) is 9.49. The number of nitrogens with one attached hydrogen (secondary N) is 1. The van der Waals surface area contributed by atoms with Crippen molar-refractivity contribution in [3.63, 3.8) is 0 Å². The first kappa shape index (κ1) is 11.9. The van der Waals surface area contributed by atoms with Crippen LogP contribution in [0.25, 0.3) is 0 Å². The molecule has 1 atom stereocenters. The predicted molar refractivity (Wildman–Crippen MR) is 64.3 cm³/mol. The van der Waals surface area contributed by atoms with Crippen LogP contribution in [0.3, 0.4) is 0 Å². The van der Waals surface area contributed by atoms with Gasteiger partial charge in [-0.25, -0.2) is 0 Å². The standard InChI is InChI=1S/C12H20N2O/c1-10(6-7-13)9-14-11-4-3-5-12(8-11)15-2/h3-5,8,10,14H,6-7,9,13H2,1-2H3. The summed E-state index contributed by atoms with van der Waals surface area (Å²) in [5.74, 6) is 1.48. The maximum Gasteiger partial charge on any atom is 0.120 e. The Kier molecular flexibility index (Phi) is 4.98. The molecule has 0 aliphatic carbocycles. The molecule has 3 N–H and O–H groups in total. The largest absolute Gasteiger partial charge is 0.497 e. The van der Waals surface area contributed by atoms with Gasteiger partial charge in [0, 0.05) is 18.3 Å². The van der Waals surface area contributed by atoms with Crippen LogP contribution < -0.4 is 15.8 Å². The molecule has 0 heterocycles. The number of anilines is 1. The number of ether oxygens (including phenoxy) is 1. The second kappa shape index (κ2) is 6.30. The second-order valence-corrected chi connectivity index (χ2v) is 3.80. The van der Waals surface area contributed by atoms with Gasteiger partial charge < -0.3 is 15.8 Å². The van der Waals surface area contributed by atoms with Crippen LogP contribution in [-0.2, 0) is 0 Å². The highest BCUT2D eigenvalue weighted by molar-refractivity contribution is 5.48. The number of methoxy groups -OCH3 is 1. The highest BCUT2D eigenvalue weighted by Gasteiger charge is 2.00. The minimum Gasteiger partial charge on any atom is -0.497 e. The van der Waals surface area contributed by atoms with Gasteiger partial charge in [-0.2, -0.15) is 0 Å². The summed E-state index contributed by atoms with van der Waals surface area (Å²) in [5.41, 5.74) is 6.59. The summed E-state index contributed by atoms with van der Waals surface area (Å²) in [5, 5.41) is 3.37. The molecule has 1 unspecified atom stereocenters. The van der Waals surface area contributed by atoms with Crippen molar-refractivity contribution in [3.05, 3.63) is 24.3 Å². The van der Waals surface area contributed by atoms with E-state index in [1.807, 2.05) is 24.3 Å². The van der Waals surface area contributed by atoms with E-state index in [4.69, 9.17) is 10.5 Å². The Labute approximate surface area is 91.6 Å². The quantitative estimate of drug-likeness (QED) is 0.752. The topological polar surface area (TPSA) is 47.3 Å². The van der Waals surface area contributed by atoms with Crippen molar-refractivity contribution in [2.24, 2.45) is 11.7 Å². The maximum atomic E-state index is 5.50. The van der Waals surface area contributed by atoms with Gasteiger partial charge in [-0.1, -0.05) is 13.0 Å². The molecule has 0 aliphatic heterocycles. The van der Waals surface area contributed by atoms with E-state index in [0.29, 0.717) is 5.92 Å². The van der Waals surface area contributed by atoms with E-state index < -0.39 is 0 Å². The normalized spacial score (nSPS) is 12.2. The molecule has 0 aliphatic rings. The number of benzene rings is 1. The van der Waals surface area contributed by atoms with Crippen molar-refractivity contribution in [3.8, 4) is 5.75 Å². The minimum absolute atomic E-state index is 0.598. The van der Waals surface area contributed by atoms with Crippen LogP contribution in [-0.4, -0.2) is 20.2 Å². The van der Waals surface area contributed by atoms with E-state index in [1.54, 1.807) is 7.11 Å². The van der Waals surface area contributed by atoms with Crippen molar-refractivity contribution in [1.29, 1.82) is 0 Å². The molecule has 15 heavy (non-hydrogen) atoms. The fourth-order valence-corrected chi connectivity index (χ4v) is 1.41. The van der Waals surface area contributed by atoms with Crippen molar-refractivity contribution in [2.75, 3.05) is 25.5 Å². The lowest BCUT2D eigenvalue weighted by Crippen LogP contribution is -2.15. The van der Waals surface area contributed by atoms with Crippen LogP contribution in [0.4, 0.5) is 5.69 Å². The van der Waals surface area contributed by atoms with Gasteiger partial charge in [0.2, 0.25) is 0 Å². The summed E-state index contributed by atoms with van der Waals surface area (Å²) in [6, 6.07) is 7.95.